The summed E-state index contributed by atoms with van der Waals surface area (Å²) in [5.41, 5.74) is 5.37. The molecular weight excluding hydrogens is 435 g/mol. The maximum Gasteiger partial charge on any atom is 0.416 e. The highest BCUT2D eigenvalue weighted by Gasteiger charge is 2.51. The minimum Gasteiger partial charge on any atom is -0.366 e. The molecule has 2 aromatic rings. The van der Waals surface area contributed by atoms with Crippen molar-refractivity contribution in [2.45, 2.75) is 24.4 Å². The zero-order chi connectivity index (χ0) is 24.0. The zero-order valence-electron chi connectivity index (χ0n) is 17.9. The van der Waals surface area contributed by atoms with Crippen molar-refractivity contribution in [1.29, 1.82) is 0 Å². The first-order valence-electron chi connectivity index (χ1n) is 10.4. The number of nitrogens with zero attached hydrogens (tertiary/aromatic N) is 2. The normalized spacial score (nSPS) is 17.6. The van der Waals surface area contributed by atoms with Gasteiger partial charge >= 0.3 is 6.18 Å². The van der Waals surface area contributed by atoms with Crippen LogP contribution < -0.4 is 10.6 Å². The Labute approximate surface area is 188 Å². The number of hydrogen-bond acceptors (Lipinski definition) is 3. The van der Waals surface area contributed by atoms with Gasteiger partial charge in [0.1, 0.15) is 0 Å². The molecule has 1 spiro atoms. The molecule has 0 radical (unpaired) electrons. The van der Waals surface area contributed by atoms with Crippen molar-refractivity contribution in [3.05, 3.63) is 70.8 Å². The summed E-state index contributed by atoms with van der Waals surface area (Å²) >= 11 is 0. The van der Waals surface area contributed by atoms with Crippen molar-refractivity contribution in [2.24, 2.45) is 5.73 Å². The Bertz CT molecular complexity index is 1170. The van der Waals surface area contributed by atoms with E-state index in [1.807, 2.05) is 0 Å². The molecule has 33 heavy (non-hydrogen) atoms. The molecule has 1 saturated heterocycles. The van der Waals surface area contributed by atoms with E-state index < -0.39 is 29.0 Å². The molecule has 2 aliphatic heterocycles. The molecule has 2 heterocycles. The molecule has 0 unspecified atom stereocenters. The predicted octanol–water partition coefficient (Wildman–Crippen LogP) is 3.35. The van der Waals surface area contributed by atoms with Crippen LogP contribution in [-0.4, -0.2) is 42.8 Å². The van der Waals surface area contributed by atoms with E-state index in [9.17, 15) is 27.6 Å². The smallest absolute Gasteiger partial charge is 0.366 e. The van der Waals surface area contributed by atoms with Gasteiger partial charge in [-0.25, -0.2) is 0 Å². The van der Waals surface area contributed by atoms with Gasteiger partial charge < -0.3 is 15.5 Å². The van der Waals surface area contributed by atoms with Crippen molar-refractivity contribution >= 4 is 29.5 Å². The fourth-order valence-corrected chi connectivity index (χ4v) is 4.67. The summed E-state index contributed by atoms with van der Waals surface area (Å²) in [6.07, 6.45) is -1.55. The highest BCUT2D eigenvalue weighted by atomic mass is 19.4. The minimum atomic E-state index is -4.52. The Kier molecular flexibility index (Phi) is 5.51. The van der Waals surface area contributed by atoms with Crippen molar-refractivity contribution < 1.29 is 27.6 Å². The summed E-state index contributed by atoms with van der Waals surface area (Å²) in [6, 6.07) is 9.96. The third-order valence-electron chi connectivity index (χ3n) is 6.47. The van der Waals surface area contributed by atoms with Crippen LogP contribution in [0.25, 0.3) is 6.08 Å². The SMILES string of the molecule is CN1C(=O)C2(CCN(C(=O)C=Cc3ccccc3C(F)(F)F)CC2)c2cc(C(N)=O)ccc21. The molecule has 0 bridgehead atoms. The number of carbonyl (C=O) groups excluding carboxylic acids is 3. The molecule has 9 heteroatoms. The molecule has 2 N–H and O–H groups in total. The summed E-state index contributed by atoms with van der Waals surface area (Å²) in [4.78, 5) is 40.5. The highest BCUT2D eigenvalue weighted by Crippen LogP contribution is 2.47. The molecule has 2 aliphatic rings. The number of carbonyl (C=O) groups is 3. The van der Waals surface area contributed by atoms with Crippen molar-refractivity contribution in [2.75, 3.05) is 25.0 Å². The number of rotatable bonds is 3. The van der Waals surface area contributed by atoms with Gasteiger partial charge in [0.25, 0.3) is 0 Å². The monoisotopic (exact) mass is 457 g/mol. The first-order valence-corrected chi connectivity index (χ1v) is 10.4. The Balaban J connectivity index is 1.53. The molecule has 0 saturated carbocycles. The first kappa shape index (κ1) is 22.6. The number of hydrogen-bond donors (Lipinski definition) is 1. The number of likely N-dealkylation sites (tertiary alicyclic amines) is 1. The van der Waals surface area contributed by atoms with Gasteiger partial charge in [0, 0.05) is 37.5 Å². The van der Waals surface area contributed by atoms with Gasteiger partial charge in [0.05, 0.1) is 11.0 Å². The summed E-state index contributed by atoms with van der Waals surface area (Å²) in [5, 5.41) is 0. The van der Waals surface area contributed by atoms with E-state index in [0.29, 0.717) is 29.7 Å². The summed E-state index contributed by atoms with van der Waals surface area (Å²) in [6.45, 7) is 0.508. The lowest BCUT2D eigenvalue weighted by Gasteiger charge is -2.38. The molecule has 3 amide bonds. The van der Waals surface area contributed by atoms with E-state index in [-0.39, 0.29) is 24.6 Å². The van der Waals surface area contributed by atoms with Crippen LogP contribution in [0, 0.1) is 0 Å². The van der Waals surface area contributed by atoms with E-state index in [4.69, 9.17) is 5.73 Å². The molecule has 0 atom stereocenters. The van der Waals surface area contributed by atoms with E-state index in [1.54, 1.807) is 30.1 Å². The third-order valence-corrected chi connectivity index (χ3v) is 6.47. The van der Waals surface area contributed by atoms with Crippen LogP contribution in [0.3, 0.4) is 0 Å². The second-order valence-electron chi connectivity index (χ2n) is 8.29. The minimum absolute atomic E-state index is 0.0904. The van der Waals surface area contributed by atoms with Gasteiger partial charge in [-0.3, -0.25) is 14.4 Å². The van der Waals surface area contributed by atoms with Crippen LogP contribution >= 0.6 is 0 Å². The number of amides is 3. The summed E-state index contributed by atoms with van der Waals surface area (Å²) < 4.78 is 39.5. The molecule has 2 aromatic carbocycles. The Morgan fingerprint density at radius 1 is 1.09 bits per heavy atom. The second kappa shape index (κ2) is 8.06. The first-order chi connectivity index (χ1) is 15.5. The van der Waals surface area contributed by atoms with E-state index in [1.165, 1.54) is 29.2 Å². The average Bonchev–Trinajstić information content (AvgIpc) is 2.99. The number of piperidine rings is 1. The van der Waals surface area contributed by atoms with Crippen molar-refractivity contribution in [3.63, 3.8) is 0 Å². The number of benzene rings is 2. The summed E-state index contributed by atoms with van der Waals surface area (Å²) in [7, 11) is 1.66. The lowest BCUT2D eigenvalue weighted by Crippen LogP contribution is -2.49. The van der Waals surface area contributed by atoms with Gasteiger partial charge in [-0.2, -0.15) is 13.2 Å². The number of fused-ring (bicyclic) bond motifs is 2. The van der Waals surface area contributed by atoms with Crippen LogP contribution in [0.1, 0.15) is 39.9 Å². The molecule has 1 fully saturated rings. The van der Waals surface area contributed by atoms with E-state index in [2.05, 4.69) is 0 Å². The van der Waals surface area contributed by atoms with Gasteiger partial charge in [-0.15, -0.1) is 0 Å². The van der Waals surface area contributed by atoms with Crippen LogP contribution in [0.15, 0.2) is 48.5 Å². The zero-order valence-corrected chi connectivity index (χ0v) is 17.9. The quantitative estimate of drug-likeness (QED) is 0.718. The Hall–Kier alpha value is -3.62. The van der Waals surface area contributed by atoms with Crippen LogP contribution in [0.4, 0.5) is 18.9 Å². The lowest BCUT2D eigenvalue weighted by atomic mass is 9.73. The number of halogens is 3. The number of anilines is 1. The average molecular weight is 457 g/mol. The van der Waals surface area contributed by atoms with E-state index >= 15 is 0 Å². The highest BCUT2D eigenvalue weighted by molar-refractivity contribution is 6.09. The number of alkyl halides is 3. The molecule has 6 nitrogen and oxygen atoms in total. The van der Waals surface area contributed by atoms with Gasteiger partial charge in [-0.1, -0.05) is 18.2 Å². The van der Waals surface area contributed by atoms with Crippen LogP contribution in [-0.2, 0) is 21.2 Å². The Morgan fingerprint density at radius 3 is 2.39 bits per heavy atom. The fraction of sp³-hybridized carbons (Fsp3) is 0.292. The maximum absolute atomic E-state index is 13.2. The van der Waals surface area contributed by atoms with Gasteiger partial charge in [-0.05, 0) is 54.3 Å². The second-order valence-corrected chi connectivity index (χ2v) is 8.29. The Morgan fingerprint density at radius 2 is 1.76 bits per heavy atom. The van der Waals surface area contributed by atoms with E-state index in [0.717, 1.165) is 12.1 Å². The number of primary amides is 1. The lowest BCUT2D eigenvalue weighted by molar-refractivity contribution is -0.137. The standard InChI is InChI=1S/C24H22F3N3O3/c1-29-19-8-6-16(21(28)32)14-18(19)23(22(29)33)10-12-30(13-11-23)20(31)9-7-15-4-2-3-5-17(15)24(25,26)27/h2-9,14H,10-13H2,1H3,(H2,28,32). The largest absolute Gasteiger partial charge is 0.416 e. The number of likely N-dealkylation sites (N-methyl/N-ethyl adjacent to an activating group) is 1. The maximum atomic E-state index is 13.2. The number of nitrogens with two attached hydrogens (primary N) is 1. The van der Waals surface area contributed by atoms with Crippen molar-refractivity contribution in [3.8, 4) is 0 Å². The van der Waals surface area contributed by atoms with Crippen molar-refractivity contribution in [1.82, 2.24) is 4.90 Å². The van der Waals surface area contributed by atoms with Gasteiger partial charge in [0.15, 0.2) is 0 Å². The summed E-state index contributed by atoms with van der Waals surface area (Å²) in [5.74, 6) is -1.13. The predicted molar refractivity (Wildman–Crippen MR) is 116 cm³/mol. The molecule has 0 aliphatic carbocycles. The third kappa shape index (κ3) is 3.88. The molecule has 4 rings (SSSR count). The van der Waals surface area contributed by atoms with Crippen LogP contribution in [0.2, 0.25) is 0 Å². The molecular formula is C24H22F3N3O3. The molecule has 172 valence electrons. The topological polar surface area (TPSA) is 83.7 Å². The fourth-order valence-electron chi connectivity index (χ4n) is 4.67. The van der Waals surface area contributed by atoms with Gasteiger partial charge in [0.2, 0.25) is 17.7 Å². The van der Waals surface area contributed by atoms with Crippen LogP contribution in [0.5, 0.6) is 0 Å². The molecule has 0 aromatic heterocycles.